The topological polar surface area (TPSA) is 45.4 Å². The van der Waals surface area contributed by atoms with Crippen molar-refractivity contribution in [1.29, 1.82) is 0 Å². The van der Waals surface area contributed by atoms with Crippen molar-refractivity contribution in [1.82, 2.24) is 14.8 Å². The van der Waals surface area contributed by atoms with Crippen molar-refractivity contribution in [3.05, 3.63) is 24.0 Å². The van der Waals surface area contributed by atoms with Gasteiger partial charge in [0.2, 0.25) is 0 Å². The van der Waals surface area contributed by atoms with E-state index in [1.54, 1.807) is 6.20 Å². The Morgan fingerprint density at radius 2 is 2.33 bits per heavy atom. The van der Waals surface area contributed by atoms with Gasteiger partial charge >= 0.3 is 0 Å². The van der Waals surface area contributed by atoms with Crippen molar-refractivity contribution >= 4 is 5.69 Å². The van der Waals surface area contributed by atoms with E-state index in [0.29, 0.717) is 6.04 Å². The van der Waals surface area contributed by atoms with Crippen molar-refractivity contribution < 1.29 is 0 Å². The molecule has 2 fully saturated rings. The number of aromatic nitrogens is 1. The van der Waals surface area contributed by atoms with Crippen LogP contribution in [0.5, 0.6) is 0 Å². The molecule has 2 saturated heterocycles. The second-order valence-corrected chi connectivity index (χ2v) is 5.65. The van der Waals surface area contributed by atoms with Gasteiger partial charge in [0, 0.05) is 43.6 Å². The molecule has 1 aromatic heterocycles. The number of piperazine rings is 1. The first-order chi connectivity index (χ1) is 8.72. The number of rotatable bonds is 2. The fourth-order valence-corrected chi connectivity index (χ4v) is 3.26. The lowest BCUT2D eigenvalue weighted by Crippen LogP contribution is -2.54. The molecule has 0 radical (unpaired) electrons. The van der Waals surface area contributed by atoms with Crippen molar-refractivity contribution in [2.24, 2.45) is 0 Å². The Kier molecular flexibility index (Phi) is 3.22. The highest BCUT2D eigenvalue weighted by Gasteiger charge is 2.34. The van der Waals surface area contributed by atoms with Crippen LogP contribution in [0.4, 0.5) is 5.69 Å². The molecule has 2 unspecified atom stereocenters. The maximum atomic E-state index is 5.82. The highest BCUT2D eigenvalue weighted by atomic mass is 15.3. The van der Waals surface area contributed by atoms with Crippen LogP contribution in [0.2, 0.25) is 0 Å². The molecular weight excluding hydrogens is 224 g/mol. The number of nitrogen functional groups attached to an aromatic ring is 1. The number of anilines is 1. The van der Waals surface area contributed by atoms with Crippen LogP contribution in [0.1, 0.15) is 25.5 Å². The molecule has 0 amide bonds. The van der Waals surface area contributed by atoms with E-state index < -0.39 is 0 Å². The number of pyridine rings is 1. The number of fused-ring (bicyclic) bond motifs is 1. The first-order valence-electron chi connectivity index (χ1n) is 6.91. The average molecular weight is 246 g/mol. The molecular formula is C14H22N4. The molecule has 0 aliphatic carbocycles. The Labute approximate surface area is 109 Å². The van der Waals surface area contributed by atoms with E-state index in [-0.39, 0.29) is 0 Å². The number of nitrogens with zero attached hydrogens (tertiary/aromatic N) is 3. The van der Waals surface area contributed by atoms with Gasteiger partial charge in [0.25, 0.3) is 0 Å². The Morgan fingerprint density at radius 3 is 3.17 bits per heavy atom. The number of hydrogen-bond donors (Lipinski definition) is 1. The molecule has 4 heteroatoms. The minimum atomic E-state index is 0.614. The lowest BCUT2D eigenvalue weighted by atomic mass is 10.1. The van der Waals surface area contributed by atoms with Crippen LogP contribution >= 0.6 is 0 Å². The zero-order valence-corrected chi connectivity index (χ0v) is 11.0. The Morgan fingerprint density at radius 1 is 1.44 bits per heavy atom. The smallest absolute Gasteiger partial charge is 0.0564 e. The number of hydrogen-bond acceptors (Lipinski definition) is 4. The molecule has 0 saturated carbocycles. The molecule has 1 aromatic rings. The third-order valence-corrected chi connectivity index (χ3v) is 4.27. The molecule has 2 atom stereocenters. The van der Waals surface area contributed by atoms with Gasteiger partial charge in [0.1, 0.15) is 0 Å². The van der Waals surface area contributed by atoms with Gasteiger partial charge in [-0.2, -0.15) is 0 Å². The van der Waals surface area contributed by atoms with E-state index in [1.165, 1.54) is 32.5 Å². The summed E-state index contributed by atoms with van der Waals surface area (Å²) in [6.07, 6.45) is 4.52. The highest BCUT2D eigenvalue weighted by Crippen LogP contribution is 2.25. The molecule has 0 aromatic carbocycles. The molecule has 0 spiro atoms. The number of nitrogens with two attached hydrogens (primary N) is 1. The predicted octanol–water partition coefficient (Wildman–Crippen LogP) is 1.33. The zero-order chi connectivity index (χ0) is 12.5. The van der Waals surface area contributed by atoms with E-state index in [4.69, 9.17) is 5.73 Å². The van der Waals surface area contributed by atoms with Gasteiger partial charge in [-0.15, -0.1) is 0 Å². The third-order valence-electron chi connectivity index (χ3n) is 4.27. The lowest BCUT2D eigenvalue weighted by Gasteiger charge is -2.42. The summed E-state index contributed by atoms with van der Waals surface area (Å²) in [6.45, 7) is 6.92. The summed E-state index contributed by atoms with van der Waals surface area (Å²) in [5, 5.41) is 0. The monoisotopic (exact) mass is 246 g/mol. The van der Waals surface area contributed by atoms with E-state index in [2.05, 4.69) is 21.7 Å². The van der Waals surface area contributed by atoms with Crippen LogP contribution in [-0.4, -0.2) is 46.5 Å². The van der Waals surface area contributed by atoms with Crippen molar-refractivity contribution in [3.63, 3.8) is 0 Å². The molecule has 3 heterocycles. The van der Waals surface area contributed by atoms with Gasteiger partial charge in [0.05, 0.1) is 5.69 Å². The van der Waals surface area contributed by atoms with Gasteiger partial charge in [-0.3, -0.25) is 14.8 Å². The highest BCUT2D eigenvalue weighted by molar-refractivity contribution is 5.37. The molecule has 2 aliphatic rings. The molecule has 98 valence electrons. The first kappa shape index (κ1) is 11.9. The molecule has 0 bridgehead atoms. The van der Waals surface area contributed by atoms with Gasteiger partial charge in [-0.25, -0.2) is 0 Å². The minimum Gasteiger partial charge on any atom is -0.399 e. The molecule has 3 rings (SSSR count). The Bertz CT molecular complexity index is 420. The van der Waals surface area contributed by atoms with E-state index in [9.17, 15) is 0 Å². The summed E-state index contributed by atoms with van der Waals surface area (Å²) in [6, 6.07) is 5.22. The van der Waals surface area contributed by atoms with E-state index in [0.717, 1.165) is 24.0 Å². The Hall–Kier alpha value is -1.13. The standard InChI is InChI=1S/C14H22N4/c1-11-8-17-6-2-3-14(17)10-18(11)9-13-7-12(15)4-5-16-13/h4-5,7,11,14H,2-3,6,8-10H2,1H3,(H2,15,16). The van der Waals surface area contributed by atoms with Crippen molar-refractivity contribution in [3.8, 4) is 0 Å². The summed E-state index contributed by atoms with van der Waals surface area (Å²) < 4.78 is 0. The first-order valence-corrected chi connectivity index (χ1v) is 6.91. The Balaban J connectivity index is 1.68. The van der Waals surface area contributed by atoms with Crippen molar-refractivity contribution in [2.45, 2.75) is 38.4 Å². The molecule has 18 heavy (non-hydrogen) atoms. The predicted molar refractivity (Wildman–Crippen MR) is 73.1 cm³/mol. The molecule has 2 aliphatic heterocycles. The maximum Gasteiger partial charge on any atom is 0.0564 e. The van der Waals surface area contributed by atoms with Gasteiger partial charge in [0.15, 0.2) is 0 Å². The quantitative estimate of drug-likeness (QED) is 0.855. The third kappa shape index (κ3) is 2.35. The SMILES string of the molecule is CC1CN2CCCC2CN1Cc1cc(N)ccn1. The van der Waals surface area contributed by atoms with Crippen LogP contribution < -0.4 is 5.73 Å². The maximum absolute atomic E-state index is 5.82. The second kappa shape index (κ2) is 4.86. The van der Waals surface area contributed by atoms with Gasteiger partial charge in [-0.05, 0) is 38.4 Å². The summed E-state index contributed by atoms with van der Waals surface area (Å²) >= 11 is 0. The summed E-state index contributed by atoms with van der Waals surface area (Å²) in [7, 11) is 0. The van der Waals surface area contributed by atoms with Crippen LogP contribution in [-0.2, 0) is 6.54 Å². The van der Waals surface area contributed by atoms with E-state index >= 15 is 0 Å². The van der Waals surface area contributed by atoms with Gasteiger partial charge in [-0.1, -0.05) is 0 Å². The van der Waals surface area contributed by atoms with Crippen LogP contribution in [0.25, 0.3) is 0 Å². The minimum absolute atomic E-state index is 0.614. The molecule has 2 N–H and O–H groups in total. The molecule has 4 nitrogen and oxygen atoms in total. The average Bonchev–Trinajstić information content (AvgIpc) is 2.76. The van der Waals surface area contributed by atoms with Crippen LogP contribution in [0.3, 0.4) is 0 Å². The van der Waals surface area contributed by atoms with Crippen LogP contribution in [0, 0.1) is 0 Å². The summed E-state index contributed by atoms with van der Waals surface area (Å²) in [5.41, 5.74) is 7.72. The fourth-order valence-electron chi connectivity index (χ4n) is 3.26. The fraction of sp³-hybridized carbons (Fsp3) is 0.643. The van der Waals surface area contributed by atoms with Gasteiger partial charge < -0.3 is 5.73 Å². The largest absolute Gasteiger partial charge is 0.399 e. The summed E-state index contributed by atoms with van der Waals surface area (Å²) in [4.78, 5) is 9.61. The van der Waals surface area contributed by atoms with Crippen molar-refractivity contribution in [2.75, 3.05) is 25.4 Å². The normalized spacial score (nSPS) is 29.4. The van der Waals surface area contributed by atoms with Crippen LogP contribution in [0.15, 0.2) is 18.3 Å². The van der Waals surface area contributed by atoms with E-state index in [1.807, 2.05) is 12.1 Å². The zero-order valence-electron chi connectivity index (χ0n) is 11.0. The summed E-state index contributed by atoms with van der Waals surface area (Å²) in [5.74, 6) is 0. The second-order valence-electron chi connectivity index (χ2n) is 5.65. The lowest BCUT2D eigenvalue weighted by molar-refractivity contribution is 0.0532.